The van der Waals surface area contributed by atoms with Gasteiger partial charge in [0.05, 0.1) is 5.75 Å². The van der Waals surface area contributed by atoms with Gasteiger partial charge in [-0.05, 0) is 18.9 Å². The normalized spacial score (nSPS) is 12.4. The minimum absolute atomic E-state index is 0.213. The van der Waals surface area contributed by atoms with E-state index >= 15 is 0 Å². The molecule has 0 amide bonds. The van der Waals surface area contributed by atoms with E-state index < -0.39 is 0 Å². The topological polar surface area (TPSA) is 17.1 Å². The fraction of sp³-hybridized carbons (Fsp3) is 0.500. The van der Waals surface area contributed by atoms with Crippen molar-refractivity contribution in [2.75, 3.05) is 5.75 Å². The van der Waals surface area contributed by atoms with Gasteiger partial charge < -0.3 is 0 Å². The zero-order valence-corrected chi connectivity index (χ0v) is 11.1. The number of thioether (sulfide) groups is 1. The van der Waals surface area contributed by atoms with Crippen LogP contribution in [0.25, 0.3) is 0 Å². The first-order chi connectivity index (χ1) is 7.63. The summed E-state index contributed by atoms with van der Waals surface area (Å²) in [6.07, 6.45) is 0.948. The van der Waals surface area contributed by atoms with Gasteiger partial charge in [-0.1, -0.05) is 43.7 Å². The molecule has 0 aliphatic heterocycles. The number of hydrogen-bond donors (Lipinski definition) is 0. The van der Waals surface area contributed by atoms with Gasteiger partial charge >= 0.3 is 0 Å². The number of carbonyl (C=O) groups excluding carboxylic acids is 1. The number of hydrogen-bond acceptors (Lipinski definition) is 2. The Bertz CT molecular complexity index is 346. The first-order valence-electron chi connectivity index (χ1n) is 5.79. The van der Waals surface area contributed by atoms with Crippen molar-refractivity contribution in [2.45, 2.75) is 32.9 Å². The summed E-state index contributed by atoms with van der Waals surface area (Å²) in [4.78, 5) is 11.6. The standard InChI is InChI=1S/C14H20OS/c1-4-12(3)14(15)10-16-9-13-7-5-6-11(2)8-13/h5-8,12H,4,9-10H2,1-3H3. The van der Waals surface area contributed by atoms with Crippen LogP contribution in [-0.2, 0) is 10.5 Å². The van der Waals surface area contributed by atoms with Crippen molar-refractivity contribution < 1.29 is 4.79 Å². The Balaban J connectivity index is 2.33. The van der Waals surface area contributed by atoms with Gasteiger partial charge in [-0.25, -0.2) is 0 Å². The van der Waals surface area contributed by atoms with Crippen LogP contribution in [0.15, 0.2) is 24.3 Å². The van der Waals surface area contributed by atoms with Gasteiger partial charge in [0, 0.05) is 11.7 Å². The molecule has 0 spiro atoms. The molecule has 0 saturated heterocycles. The van der Waals surface area contributed by atoms with Crippen LogP contribution in [0, 0.1) is 12.8 Å². The second kappa shape index (κ2) is 6.74. The highest BCUT2D eigenvalue weighted by Crippen LogP contribution is 2.15. The van der Waals surface area contributed by atoms with Gasteiger partial charge in [-0.15, -0.1) is 11.8 Å². The molecule has 1 nitrogen and oxygen atoms in total. The Hall–Kier alpha value is -0.760. The molecule has 0 aromatic heterocycles. The number of rotatable bonds is 6. The fourth-order valence-corrected chi connectivity index (χ4v) is 2.44. The van der Waals surface area contributed by atoms with Crippen molar-refractivity contribution >= 4 is 17.5 Å². The van der Waals surface area contributed by atoms with Gasteiger partial charge in [-0.3, -0.25) is 4.79 Å². The predicted octanol–water partition coefficient (Wildman–Crippen LogP) is 3.84. The Morgan fingerprint density at radius 3 is 2.81 bits per heavy atom. The molecule has 16 heavy (non-hydrogen) atoms. The summed E-state index contributed by atoms with van der Waals surface area (Å²) < 4.78 is 0. The van der Waals surface area contributed by atoms with E-state index in [1.165, 1.54) is 11.1 Å². The molecule has 0 aliphatic carbocycles. The van der Waals surface area contributed by atoms with Crippen LogP contribution in [0.3, 0.4) is 0 Å². The Morgan fingerprint density at radius 2 is 2.19 bits per heavy atom. The highest BCUT2D eigenvalue weighted by molar-refractivity contribution is 7.99. The average molecular weight is 236 g/mol. The lowest BCUT2D eigenvalue weighted by molar-refractivity contribution is -0.119. The molecule has 1 unspecified atom stereocenters. The van der Waals surface area contributed by atoms with Crippen molar-refractivity contribution in [3.05, 3.63) is 35.4 Å². The van der Waals surface area contributed by atoms with Crippen LogP contribution >= 0.6 is 11.8 Å². The van der Waals surface area contributed by atoms with Crippen molar-refractivity contribution in [1.82, 2.24) is 0 Å². The fourth-order valence-electron chi connectivity index (χ4n) is 1.44. The zero-order chi connectivity index (χ0) is 12.0. The molecular weight excluding hydrogens is 216 g/mol. The van der Waals surface area contributed by atoms with Gasteiger partial charge in [0.15, 0.2) is 0 Å². The quantitative estimate of drug-likeness (QED) is 0.746. The highest BCUT2D eigenvalue weighted by atomic mass is 32.2. The molecule has 1 rings (SSSR count). The minimum atomic E-state index is 0.213. The lowest BCUT2D eigenvalue weighted by atomic mass is 10.1. The Kier molecular flexibility index (Phi) is 5.61. The van der Waals surface area contributed by atoms with Crippen LogP contribution in [0.2, 0.25) is 0 Å². The third-order valence-electron chi connectivity index (χ3n) is 2.76. The lowest BCUT2D eigenvalue weighted by Gasteiger charge is -2.07. The van der Waals surface area contributed by atoms with E-state index in [1.54, 1.807) is 11.8 Å². The molecule has 0 aliphatic rings. The molecule has 1 atom stereocenters. The number of benzene rings is 1. The van der Waals surface area contributed by atoms with E-state index in [9.17, 15) is 4.79 Å². The number of aryl methyl sites for hydroxylation is 1. The third-order valence-corrected chi connectivity index (χ3v) is 3.78. The van der Waals surface area contributed by atoms with Crippen LogP contribution < -0.4 is 0 Å². The molecule has 1 aromatic carbocycles. The van der Waals surface area contributed by atoms with E-state index in [1.807, 2.05) is 6.92 Å². The third kappa shape index (κ3) is 4.40. The number of ketones is 1. The monoisotopic (exact) mass is 236 g/mol. The molecule has 0 radical (unpaired) electrons. The molecule has 0 saturated carbocycles. The number of Topliss-reactive ketones (excluding diaryl/α,β-unsaturated/α-hetero) is 1. The summed E-state index contributed by atoms with van der Waals surface area (Å²) in [5.41, 5.74) is 2.59. The van der Waals surface area contributed by atoms with E-state index in [-0.39, 0.29) is 5.92 Å². The van der Waals surface area contributed by atoms with Crippen LogP contribution in [-0.4, -0.2) is 11.5 Å². The molecule has 2 heteroatoms. The summed E-state index contributed by atoms with van der Waals surface area (Å²) in [6, 6.07) is 8.47. The van der Waals surface area contributed by atoms with Crippen molar-refractivity contribution in [2.24, 2.45) is 5.92 Å². The minimum Gasteiger partial charge on any atom is -0.298 e. The molecular formula is C14H20OS. The van der Waals surface area contributed by atoms with Crippen molar-refractivity contribution in [3.8, 4) is 0 Å². The molecule has 0 heterocycles. The number of carbonyl (C=O) groups is 1. The maximum Gasteiger partial charge on any atom is 0.145 e. The molecule has 0 bridgehead atoms. The smallest absolute Gasteiger partial charge is 0.145 e. The summed E-state index contributed by atoms with van der Waals surface area (Å²) in [5, 5.41) is 0. The van der Waals surface area contributed by atoms with E-state index in [0.717, 1.165) is 12.2 Å². The summed E-state index contributed by atoms with van der Waals surface area (Å²) in [5.74, 6) is 2.16. The van der Waals surface area contributed by atoms with Gasteiger partial charge in [-0.2, -0.15) is 0 Å². The van der Waals surface area contributed by atoms with Gasteiger partial charge in [0.25, 0.3) is 0 Å². The average Bonchev–Trinajstić information content (AvgIpc) is 2.28. The Morgan fingerprint density at radius 1 is 1.44 bits per heavy atom. The van der Waals surface area contributed by atoms with Crippen LogP contribution in [0.4, 0.5) is 0 Å². The highest BCUT2D eigenvalue weighted by Gasteiger charge is 2.09. The SMILES string of the molecule is CCC(C)C(=O)CSCc1cccc(C)c1. The maximum absolute atomic E-state index is 11.6. The molecule has 0 N–H and O–H groups in total. The zero-order valence-electron chi connectivity index (χ0n) is 10.3. The van der Waals surface area contributed by atoms with E-state index in [2.05, 4.69) is 38.1 Å². The summed E-state index contributed by atoms with van der Waals surface area (Å²) in [7, 11) is 0. The lowest BCUT2D eigenvalue weighted by Crippen LogP contribution is -2.12. The first kappa shape index (κ1) is 13.3. The van der Waals surface area contributed by atoms with Crippen molar-refractivity contribution in [3.63, 3.8) is 0 Å². The molecule has 88 valence electrons. The van der Waals surface area contributed by atoms with E-state index in [0.29, 0.717) is 11.5 Å². The predicted molar refractivity (Wildman–Crippen MR) is 71.8 cm³/mol. The maximum atomic E-state index is 11.6. The first-order valence-corrected chi connectivity index (χ1v) is 6.95. The summed E-state index contributed by atoms with van der Waals surface area (Å²) in [6.45, 7) is 6.17. The second-order valence-electron chi connectivity index (χ2n) is 4.26. The van der Waals surface area contributed by atoms with E-state index in [4.69, 9.17) is 0 Å². The largest absolute Gasteiger partial charge is 0.298 e. The van der Waals surface area contributed by atoms with Crippen LogP contribution in [0.1, 0.15) is 31.4 Å². The van der Waals surface area contributed by atoms with Gasteiger partial charge in [0.1, 0.15) is 5.78 Å². The molecule has 1 aromatic rings. The molecule has 0 fully saturated rings. The van der Waals surface area contributed by atoms with Crippen LogP contribution in [0.5, 0.6) is 0 Å². The second-order valence-corrected chi connectivity index (χ2v) is 5.24. The Labute approximate surface area is 103 Å². The van der Waals surface area contributed by atoms with Crippen molar-refractivity contribution in [1.29, 1.82) is 0 Å². The summed E-state index contributed by atoms with van der Waals surface area (Å²) >= 11 is 1.72. The van der Waals surface area contributed by atoms with Gasteiger partial charge in [0.2, 0.25) is 0 Å².